The van der Waals surface area contributed by atoms with Crippen molar-refractivity contribution in [1.82, 2.24) is 4.90 Å². The molecule has 0 saturated carbocycles. The molecule has 7 heteroatoms. The Morgan fingerprint density at radius 3 is 2.50 bits per heavy atom. The Bertz CT molecular complexity index is 801. The van der Waals surface area contributed by atoms with Gasteiger partial charge in [-0.1, -0.05) is 30.3 Å². The molecule has 0 aromatic heterocycles. The highest BCUT2D eigenvalue weighted by molar-refractivity contribution is 5.97. The van der Waals surface area contributed by atoms with Crippen molar-refractivity contribution in [3.05, 3.63) is 65.5 Å². The number of amides is 2. The fourth-order valence-corrected chi connectivity index (χ4v) is 3.17. The van der Waals surface area contributed by atoms with E-state index in [0.717, 1.165) is 5.56 Å². The fourth-order valence-electron chi connectivity index (χ4n) is 3.17. The van der Waals surface area contributed by atoms with E-state index in [9.17, 15) is 14.0 Å². The van der Waals surface area contributed by atoms with Crippen LogP contribution in [0.5, 0.6) is 0 Å². The SMILES string of the molecule is CC(=O)Nc1cc(C(=O)N2C[C@@H](N)[C@H](c3ccccc3)C2)ccc1F.Cl. The monoisotopic (exact) mass is 377 g/mol. The molecule has 0 aliphatic carbocycles. The number of rotatable bonds is 3. The number of carbonyl (C=O) groups is 2. The smallest absolute Gasteiger partial charge is 0.254 e. The van der Waals surface area contributed by atoms with Gasteiger partial charge in [0.05, 0.1) is 5.69 Å². The summed E-state index contributed by atoms with van der Waals surface area (Å²) in [4.78, 5) is 25.6. The van der Waals surface area contributed by atoms with E-state index in [1.165, 1.54) is 25.1 Å². The van der Waals surface area contributed by atoms with Crippen molar-refractivity contribution in [3.8, 4) is 0 Å². The molecule has 1 aliphatic heterocycles. The van der Waals surface area contributed by atoms with Crippen molar-refractivity contribution >= 4 is 29.9 Å². The zero-order valence-electron chi connectivity index (χ0n) is 14.3. The van der Waals surface area contributed by atoms with E-state index < -0.39 is 11.7 Å². The second-order valence-electron chi connectivity index (χ2n) is 6.27. The lowest BCUT2D eigenvalue weighted by molar-refractivity contribution is -0.114. The lowest BCUT2D eigenvalue weighted by Gasteiger charge is -2.17. The summed E-state index contributed by atoms with van der Waals surface area (Å²) >= 11 is 0. The Morgan fingerprint density at radius 1 is 1.15 bits per heavy atom. The first-order valence-electron chi connectivity index (χ1n) is 8.12. The first-order chi connectivity index (χ1) is 12.0. The third-order valence-electron chi connectivity index (χ3n) is 4.40. The average molecular weight is 378 g/mol. The summed E-state index contributed by atoms with van der Waals surface area (Å²) in [6, 6.07) is 13.7. The van der Waals surface area contributed by atoms with Gasteiger partial charge in [0.1, 0.15) is 5.82 Å². The summed E-state index contributed by atoms with van der Waals surface area (Å²) in [7, 11) is 0. The third kappa shape index (κ3) is 4.20. The maximum atomic E-state index is 13.8. The van der Waals surface area contributed by atoms with Crippen LogP contribution in [-0.4, -0.2) is 35.8 Å². The Labute approximate surface area is 157 Å². The van der Waals surface area contributed by atoms with E-state index in [2.05, 4.69) is 5.32 Å². The molecule has 1 aliphatic rings. The van der Waals surface area contributed by atoms with Gasteiger partial charge in [0, 0.05) is 37.5 Å². The van der Waals surface area contributed by atoms with Crippen LogP contribution in [0.4, 0.5) is 10.1 Å². The molecule has 1 heterocycles. The zero-order valence-corrected chi connectivity index (χ0v) is 15.1. The highest BCUT2D eigenvalue weighted by Gasteiger charge is 2.34. The number of hydrogen-bond donors (Lipinski definition) is 2. The molecule has 1 saturated heterocycles. The van der Waals surface area contributed by atoms with Gasteiger partial charge in [-0.15, -0.1) is 12.4 Å². The molecule has 0 radical (unpaired) electrons. The number of hydrogen-bond acceptors (Lipinski definition) is 3. The number of halogens is 2. The second-order valence-corrected chi connectivity index (χ2v) is 6.27. The molecule has 2 atom stereocenters. The molecule has 2 aromatic carbocycles. The van der Waals surface area contributed by atoms with E-state index in [1.807, 2.05) is 30.3 Å². The third-order valence-corrected chi connectivity index (χ3v) is 4.40. The van der Waals surface area contributed by atoms with Crippen molar-refractivity contribution in [2.24, 2.45) is 5.73 Å². The van der Waals surface area contributed by atoms with Crippen LogP contribution in [0, 0.1) is 5.82 Å². The highest BCUT2D eigenvalue weighted by atomic mass is 35.5. The molecule has 26 heavy (non-hydrogen) atoms. The maximum Gasteiger partial charge on any atom is 0.254 e. The molecule has 0 spiro atoms. The zero-order chi connectivity index (χ0) is 18.0. The van der Waals surface area contributed by atoms with Gasteiger partial charge in [0.25, 0.3) is 5.91 Å². The summed E-state index contributed by atoms with van der Waals surface area (Å²) in [6.07, 6.45) is 0. The topological polar surface area (TPSA) is 75.4 Å². The normalized spacial score (nSPS) is 19.0. The van der Waals surface area contributed by atoms with Gasteiger partial charge in [-0.25, -0.2) is 4.39 Å². The van der Waals surface area contributed by atoms with E-state index >= 15 is 0 Å². The summed E-state index contributed by atoms with van der Waals surface area (Å²) in [5.41, 5.74) is 7.65. The summed E-state index contributed by atoms with van der Waals surface area (Å²) in [6.45, 7) is 2.24. The molecule has 0 bridgehead atoms. The number of benzene rings is 2. The van der Waals surface area contributed by atoms with Crippen LogP contribution < -0.4 is 11.1 Å². The maximum absolute atomic E-state index is 13.8. The largest absolute Gasteiger partial charge is 0.336 e. The van der Waals surface area contributed by atoms with Crippen LogP contribution in [0.15, 0.2) is 48.5 Å². The minimum Gasteiger partial charge on any atom is -0.336 e. The molecule has 3 N–H and O–H groups in total. The van der Waals surface area contributed by atoms with Crippen molar-refractivity contribution < 1.29 is 14.0 Å². The Morgan fingerprint density at radius 2 is 1.85 bits per heavy atom. The van der Waals surface area contributed by atoms with E-state index in [4.69, 9.17) is 5.73 Å². The van der Waals surface area contributed by atoms with Crippen molar-refractivity contribution in [3.63, 3.8) is 0 Å². The van der Waals surface area contributed by atoms with Crippen molar-refractivity contribution in [2.75, 3.05) is 18.4 Å². The van der Waals surface area contributed by atoms with Gasteiger partial charge in [-0.05, 0) is 23.8 Å². The number of nitrogens with zero attached hydrogens (tertiary/aromatic N) is 1. The molecular formula is C19H21ClFN3O2. The molecule has 2 aromatic rings. The van der Waals surface area contributed by atoms with Crippen molar-refractivity contribution in [1.29, 1.82) is 0 Å². The lowest BCUT2D eigenvalue weighted by Crippen LogP contribution is -2.32. The average Bonchev–Trinajstić information content (AvgIpc) is 2.98. The molecule has 5 nitrogen and oxygen atoms in total. The molecule has 2 amide bonds. The first-order valence-corrected chi connectivity index (χ1v) is 8.12. The number of likely N-dealkylation sites (tertiary alicyclic amines) is 1. The number of nitrogens with one attached hydrogen (secondary N) is 1. The molecule has 1 fully saturated rings. The minimum atomic E-state index is -0.577. The minimum absolute atomic E-state index is 0. The molecule has 0 unspecified atom stereocenters. The summed E-state index contributed by atoms with van der Waals surface area (Å²) in [5, 5.41) is 2.39. The second kappa shape index (κ2) is 8.29. The summed E-state index contributed by atoms with van der Waals surface area (Å²) in [5.74, 6) is -1.12. The summed E-state index contributed by atoms with van der Waals surface area (Å²) < 4.78 is 13.8. The van der Waals surface area contributed by atoms with E-state index in [0.29, 0.717) is 18.7 Å². The lowest BCUT2D eigenvalue weighted by atomic mass is 9.95. The van der Waals surface area contributed by atoms with Crippen LogP contribution in [-0.2, 0) is 4.79 Å². The van der Waals surface area contributed by atoms with Gasteiger partial charge in [0.2, 0.25) is 5.91 Å². The standard InChI is InChI=1S/C19H20FN3O2.ClH/c1-12(24)22-18-9-14(7-8-16(18)20)19(25)23-10-15(17(21)11-23)13-5-3-2-4-6-13;/h2-9,15,17H,10-11,21H2,1H3,(H,22,24);1H/t15-,17+;/m0./s1. The van der Waals surface area contributed by atoms with Crippen LogP contribution >= 0.6 is 12.4 Å². The van der Waals surface area contributed by atoms with Gasteiger partial charge in [-0.2, -0.15) is 0 Å². The molecular weight excluding hydrogens is 357 g/mol. The van der Waals surface area contributed by atoms with Crippen LogP contribution in [0.25, 0.3) is 0 Å². The van der Waals surface area contributed by atoms with E-state index in [1.54, 1.807) is 4.90 Å². The van der Waals surface area contributed by atoms with Crippen LogP contribution in [0.1, 0.15) is 28.8 Å². The van der Waals surface area contributed by atoms with Crippen LogP contribution in [0.3, 0.4) is 0 Å². The van der Waals surface area contributed by atoms with Gasteiger partial charge in [-0.3, -0.25) is 9.59 Å². The Hall–Kier alpha value is -2.44. The number of nitrogens with two attached hydrogens (primary N) is 1. The van der Waals surface area contributed by atoms with Gasteiger partial charge in [0.15, 0.2) is 0 Å². The fraction of sp³-hybridized carbons (Fsp3) is 0.263. The molecule has 3 rings (SSSR count). The van der Waals surface area contributed by atoms with Crippen molar-refractivity contribution in [2.45, 2.75) is 18.9 Å². The molecule has 138 valence electrons. The Balaban J connectivity index is 0.00000243. The predicted molar refractivity (Wildman–Crippen MR) is 101 cm³/mol. The van der Waals surface area contributed by atoms with Gasteiger partial charge < -0.3 is 16.0 Å². The Kier molecular flexibility index (Phi) is 6.34. The van der Waals surface area contributed by atoms with E-state index in [-0.39, 0.29) is 36.0 Å². The number of carbonyl (C=O) groups excluding carboxylic acids is 2. The van der Waals surface area contributed by atoms with Gasteiger partial charge >= 0.3 is 0 Å². The van der Waals surface area contributed by atoms with Crippen LogP contribution in [0.2, 0.25) is 0 Å². The quantitative estimate of drug-likeness (QED) is 0.863. The first kappa shape index (κ1) is 19.9. The number of anilines is 1. The predicted octanol–water partition coefficient (Wildman–Crippen LogP) is 2.77. The highest BCUT2D eigenvalue weighted by Crippen LogP contribution is 2.28.